The van der Waals surface area contributed by atoms with E-state index in [2.05, 4.69) is 0 Å². The van der Waals surface area contributed by atoms with Crippen molar-refractivity contribution in [2.75, 3.05) is 6.54 Å². The summed E-state index contributed by atoms with van der Waals surface area (Å²) in [5.41, 5.74) is -0.635. The van der Waals surface area contributed by atoms with Gasteiger partial charge in [0.2, 0.25) is 5.91 Å². The summed E-state index contributed by atoms with van der Waals surface area (Å²) in [5, 5.41) is 9.36. The molecule has 1 saturated heterocycles. The quantitative estimate of drug-likeness (QED) is 0.710. The molecule has 2 fully saturated rings. The van der Waals surface area contributed by atoms with E-state index < -0.39 is 11.4 Å². The minimum absolute atomic E-state index is 0.0185. The molecule has 84 valence electrons. The van der Waals surface area contributed by atoms with Gasteiger partial charge in [0, 0.05) is 19.5 Å². The summed E-state index contributed by atoms with van der Waals surface area (Å²) in [5.74, 6) is -0.694. The van der Waals surface area contributed by atoms with Crippen LogP contribution in [0.15, 0.2) is 0 Å². The molecule has 0 bridgehead atoms. The molecule has 0 aromatic rings. The summed E-state index contributed by atoms with van der Waals surface area (Å²) in [4.78, 5) is 24.5. The molecule has 0 aromatic heterocycles. The first-order valence-corrected chi connectivity index (χ1v) is 5.58. The summed E-state index contributed by atoms with van der Waals surface area (Å²) >= 11 is 0. The Morgan fingerprint density at radius 1 is 1.33 bits per heavy atom. The third-order valence-electron chi connectivity index (χ3n) is 3.99. The van der Waals surface area contributed by atoms with Crippen LogP contribution in [0, 0.1) is 5.41 Å². The smallest absolute Gasteiger partial charge is 0.311 e. The second-order valence-corrected chi connectivity index (χ2v) is 4.69. The van der Waals surface area contributed by atoms with Crippen molar-refractivity contribution in [1.29, 1.82) is 0 Å². The highest BCUT2D eigenvalue weighted by Gasteiger charge is 2.54. The fraction of sp³-hybridized carbons (Fsp3) is 0.818. The lowest BCUT2D eigenvalue weighted by atomic mass is 9.70. The monoisotopic (exact) mass is 211 g/mol. The number of likely N-dealkylation sites (tertiary alicyclic amines) is 1. The van der Waals surface area contributed by atoms with E-state index in [-0.39, 0.29) is 11.9 Å². The first kappa shape index (κ1) is 10.5. The number of hydrogen-bond acceptors (Lipinski definition) is 2. The van der Waals surface area contributed by atoms with Gasteiger partial charge in [0.05, 0.1) is 5.41 Å². The van der Waals surface area contributed by atoms with Crippen LogP contribution in [0.2, 0.25) is 0 Å². The van der Waals surface area contributed by atoms with Gasteiger partial charge < -0.3 is 10.0 Å². The highest BCUT2D eigenvalue weighted by molar-refractivity contribution is 5.80. The first-order chi connectivity index (χ1) is 7.08. The Bertz CT molecular complexity index is 302. The molecule has 2 aliphatic rings. The molecular weight excluding hydrogens is 194 g/mol. The number of amides is 1. The number of carbonyl (C=O) groups excluding carboxylic acids is 1. The van der Waals surface area contributed by atoms with Gasteiger partial charge in [0.1, 0.15) is 0 Å². The third kappa shape index (κ3) is 1.43. The van der Waals surface area contributed by atoms with Crippen molar-refractivity contribution in [2.24, 2.45) is 5.41 Å². The molecule has 4 heteroatoms. The zero-order chi connectivity index (χ0) is 11.1. The van der Waals surface area contributed by atoms with E-state index in [1.165, 1.54) is 6.92 Å². The third-order valence-corrected chi connectivity index (χ3v) is 3.99. The predicted octanol–water partition coefficient (Wildman–Crippen LogP) is 1.25. The molecule has 0 aromatic carbocycles. The molecule has 4 nitrogen and oxygen atoms in total. The summed E-state index contributed by atoms with van der Waals surface area (Å²) in [6, 6.07) is -0.0544. The Morgan fingerprint density at radius 2 is 2.07 bits per heavy atom. The first-order valence-electron chi connectivity index (χ1n) is 5.58. The Balaban J connectivity index is 2.29. The summed E-state index contributed by atoms with van der Waals surface area (Å²) < 4.78 is 0. The minimum atomic E-state index is -0.712. The number of fused-ring (bicyclic) bond motifs is 1. The normalized spacial score (nSPS) is 35.0. The van der Waals surface area contributed by atoms with E-state index in [0.717, 1.165) is 25.7 Å². The standard InChI is InChI=1S/C11H17NO3/c1-8(13)12-7-6-11(10(14)15)5-3-2-4-9(11)12/h9H,2-7H2,1H3,(H,14,15)/t9-,11+/m0/s1. The average molecular weight is 211 g/mol. The van der Waals surface area contributed by atoms with Crippen LogP contribution >= 0.6 is 0 Å². The van der Waals surface area contributed by atoms with Crippen molar-refractivity contribution < 1.29 is 14.7 Å². The molecule has 2 rings (SSSR count). The van der Waals surface area contributed by atoms with Gasteiger partial charge in [-0.1, -0.05) is 12.8 Å². The molecular formula is C11H17NO3. The zero-order valence-corrected chi connectivity index (χ0v) is 9.03. The molecule has 0 radical (unpaired) electrons. The van der Waals surface area contributed by atoms with Gasteiger partial charge in [-0.25, -0.2) is 0 Å². The molecule has 1 heterocycles. The highest BCUT2D eigenvalue weighted by atomic mass is 16.4. The maximum absolute atomic E-state index is 11.4. The number of aliphatic carboxylic acids is 1. The van der Waals surface area contributed by atoms with Crippen molar-refractivity contribution in [3.05, 3.63) is 0 Å². The van der Waals surface area contributed by atoms with Crippen LogP contribution in [0.25, 0.3) is 0 Å². The lowest BCUT2D eigenvalue weighted by Crippen LogP contribution is -2.47. The molecule has 1 N–H and O–H groups in total. The zero-order valence-electron chi connectivity index (χ0n) is 9.03. The van der Waals surface area contributed by atoms with E-state index in [0.29, 0.717) is 13.0 Å². The van der Waals surface area contributed by atoms with Crippen molar-refractivity contribution >= 4 is 11.9 Å². The van der Waals surface area contributed by atoms with Crippen LogP contribution in [-0.2, 0) is 9.59 Å². The van der Waals surface area contributed by atoms with Crippen molar-refractivity contribution in [3.63, 3.8) is 0 Å². The number of hydrogen-bond donors (Lipinski definition) is 1. The number of rotatable bonds is 1. The molecule has 1 saturated carbocycles. The fourth-order valence-electron chi connectivity index (χ4n) is 3.18. The Morgan fingerprint density at radius 3 is 2.67 bits per heavy atom. The summed E-state index contributed by atoms with van der Waals surface area (Å²) in [6.07, 6.45) is 4.24. The van der Waals surface area contributed by atoms with Gasteiger partial charge >= 0.3 is 5.97 Å². The highest BCUT2D eigenvalue weighted by Crippen LogP contribution is 2.47. The van der Waals surface area contributed by atoms with Gasteiger partial charge in [-0.05, 0) is 19.3 Å². The van der Waals surface area contributed by atoms with E-state index in [1.54, 1.807) is 4.90 Å². The van der Waals surface area contributed by atoms with Crippen LogP contribution in [-0.4, -0.2) is 34.5 Å². The molecule has 15 heavy (non-hydrogen) atoms. The molecule has 0 spiro atoms. The molecule has 1 amide bonds. The number of carboxylic acid groups (broad SMARTS) is 1. The van der Waals surface area contributed by atoms with Gasteiger partial charge in [-0.15, -0.1) is 0 Å². The minimum Gasteiger partial charge on any atom is -0.481 e. The van der Waals surface area contributed by atoms with Crippen molar-refractivity contribution in [3.8, 4) is 0 Å². The van der Waals surface area contributed by atoms with Crippen LogP contribution in [0.1, 0.15) is 39.0 Å². The van der Waals surface area contributed by atoms with Crippen LogP contribution in [0.5, 0.6) is 0 Å². The molecule has 0 unspecified atom stereocenters. The van der Waals surface area contributed by atoms with E-state index in [4.69, 9.17) is 0 Å². The van der Waals surface area contributed by atoms with E-state index in [9.17, 15) is 14.7 Å². The molecule has 1 aliphatic carbocycles. The average Bonchev–Trinajstić information content (AvgIpc) is 2.57. The van der Waals surface area contributed by atoms with E-state index in [1.807, 2.05) is 0 Å². The number of nitrogens with zero attached hydrogens (tertiary/aromatic N) is 1. The van der Waals surface area contributed by atoms with Crippen molar-refractivity contribution in [2.45, 2.75) is 45.1 Å². The van der Waals surface area contributed by atoms with Gasteiger partial charge in [0.15, 0.2) is 0 Å². The van der Waals surface area contributed by atoms with E-state index >= 15 is 0 Å². The van der Waals surface area contributed by atoms with Gasteiger partial charge in [0.25, 0.3) is 0 Å². The van der Waals surface area contributed by atoms with Crippen LogP contribution in [0.4, 0.5) is 0 Å². The molecule has 2 atom stereocenters. The Hall–Kier alpha value is -1.06. The lowest BCUT2D eigenvalue weighted by molar-refractivity contribution is -0.153. The largest absolute Gasteiger partial charge is 0.481 e. The fourth-order valence-corrected chi connectivity index (χ4v) is 3.18. The summed E-state index contributed by atoms with van der Waals surface area (Å²) in [7, 11) is 0. The maximum Gasteiger partial charge on any atom is 0.311 e. The second kappa shape index (κ2) is 3.51. The lowest BCUT2D eigenvalue weighted by Gasteiger charge is -2.38. The van der Waals surface area contributed by atoms with Crippen LogP contribution in [0.3, 0.4) is 0 Å². The SMILES string of the molecule is CC(=O)N1CC[C@]2(C(=O)O)CCCC[C@H]12. The van der Waals surface area contributed by atoms with Crippen molar-refractivity contribution in [1.82, 2.24) is 4.90 Å². The predicted molar refractivity (Wildman–Crippen MR) is 54.3 cm³/mol. The van der Waals surface area contributed by atoms with Gasteiger partial charge in [-0.2, -0.15) is 0 Å². The van der Waals surface area contributed by atoms with Crippen LogP contribution < -0.4 is 0 Å². The topological polar surface area (TPSA) is 57.6 Å². The van der Waals surface area contributed by atoms with Gasteiger partial charge in [-0.3, -0.25) is 9.59 Å². The number of carbonyl (C=O) groups is 2. The Kier molecular flexibility index (Phi) is 2.44. The second-order valence-electron chi connectivity index (χ2n) is 4.69. The Labute approximate surface area is 89.3 Å². The molecule has 1 aliphatic heterocycles. The number of carboxylic acids is 1. The summed E-state index contributed by atoms with van der Waals surface area (Å²) in [6.45, 7) is 2.15. The maximum atomic E-state index is 11.4.